The van der Waals surface area contributed by atoms with Gasteiger partial charge in [0.1, 0.15) is 18.3 Å². The van der Waals surface area contributed by atoms with Crippen molar-refractivity contribution >= 4 is 0 Å². The first-order valence-electron chi connectivity index (χ1n) is 2.97. The van der Waals surface area contributed by atoms with E-state index in [4.69, 9.17) is 20.4 Å². The van der Waals surface area contributed by atoms with Crippen LogP contribution in [0.3, 0.4) is 0 Å². The minimum atomic E-state index is -1.41. The van der Waals surface area contributed by atoms with Gasteiger partial charge < -0.3 is 25.2 Å². The highest BCUT2D eigenvalue weighted by Crippen LogP contribution is 2.12. The van der Waals surface area contributed by atoms with Gasteiger partial charge in [-0.1, -0.05) is 0 Å². The van der Waals surface area contributed by atoms with Crippen molar-refractivity contribution in [2.45, 2.75) is 24.6 Å². The average molecular weight is 150 g/mol. The third-order valence-corrected chi connectivity index (χ3v) is 1.47. The standard InChI is InChI=1S/C5H10O5/c6-2-1-10-5(9)4(8)3(2)7/h2-9H,1H2/t2-,3-,4+,5-/m0/s1. The molecule has 5 nitrogen and oxygen atoms in total. The van der Waals surface area contributed by atoms with Gasteiger partial charge in [-0.05, 0) is 0 Å². The quantitative estimate of drug-likeness (QED) is 0.304. The Morgan fingerprint density at radius 2 is 1.60 bits per heavy atom. The van der Waals surface area contributed by atoms with Crippen molar-refractivity contribution in [2.24, 2.45) is 0 Å². The van der Waals surface area contributed by atoms with Gasteiger partial charge in [-0.2, -0.15) is 0 Å². The number of rotatable bonds is 0. The molecule has 0 aromatic heterocycles. The molecule has 1 fully saturated rings. The highest BCUT2D eigenvalue weighted by Gasteiger charge is 2.36. The molecule has 10 heavy (non-hydrogen) atoms. The molecule has 0 bridgehead atoms. The first-order chi connectivity index (χ1) is 4.63. The van der Waals surface area contributed by atoms with Crippen molar-refractivity contribution in [1.29, 1.82) is 0 Å². The van der Waals surface area contributed by atoms with Crippen molar-refractivity contribution < 1.29 is 25.2 Å². The Morgan fingerprint density at radius 3 is 2.10 bits per heavy atom. The van der Waals surface area contributed by atoms with Gasteiger partial charge in [0.25, 0.3) is 0 Å². The molecule has 1 rings (SSSR count). The van der Waals surface area contributed by atoms with Crippen LogP contribution in [-0.2, 0) is 4.74 Å². The summed E-state index contributed by atoms with van der Waals surface area (Å²) in [5.41, 5.74) is 0. The van der Waals surface area contributed by atoms with Crippen molar-refractivity contribution in [1.82, 2.24) is 0 Å². The number of hydrogen-bond acceptors (Lipinski definition) is 5. The minimum Gasteiger partial charge on any atom is -0.388 e. The molecule has 1 saturated heterocycles. The topological polar surface area (TPSA) is 90.2 Å². The monoisotopic (exact) mass is 150 g/mol. The molecule has 0 aliphatic carbocycles. The van der Waals surface area contributed by atoms with Gasteiger partial charge in [-0.15, -0.1) is 0 Å². The second-order valence-electron chi connectivity index (χ2n) is 2.27. The number of aliphatic hydroxyl groups excluding tert-OH is 4. The predicted molar refractivity (Wildman–Crippen MR) is 30.0 cm³/mol. The summed E-state index contributed by atoms with van der Waals surface area (Å²) < 4.78 is 4.47. The van der Waals surface area contributed by atoms with E-state index in [9.17, 15) is 0 Å². The first-order valence-corrected chi connectivity index (χ1v) is 2.97. The third kappa shape index (κ3) is 1.28. The summed E-state index contributed by atoms with van der Waals surface area (Å²) in [6, 6.07) is 0. The van der Waals surface area contributed by atoms with Gasteiger partial charge >= 0.3 is 0 Å². The highest BCUT2D eigenvalue weighted by molar-refractivity contribution is 4.81. The normalized spacial score (nSPS) is 49.2. The summed E-state index contributed by atoms with van der Waals surface area (Å²) in [7, 11) is 0. The van der Waals surface area contributed by atoms with Gasteiger partial charge in [0.05, 0.1) is 6.61 Å². The fourth-order valence-electron chi connectivity index (χ4n) is 0.791. The lowest BCUT2D eigenvalue weighted by Gasteiger charge is -2.31. The zero-order chi connectivity index (χ0) is 7.72. The number of aliphatic hydroxyl groups is 4. The maximum Gasteiger partial charge on any atom is 0.183 e. The Balaban J connectivity index is 2.52. The smallest absolute Gasteiger partial charge is 0.183 e. The number of ether oxygens (including phenoxy) is 1. The largest absolute Gasteiger partial charge is 0.388 e. The predicted octanol–water partition coefficient (Wildman–Crippen LogP) is -2.58. The lowest BCUT2D eigenvalue weighted by atomic mass is 10.1. The van der Waals surface area contributed by atoms with E-state index in [0.29, 0.717) is 0 Å². The summed E-state index contributed by atoms with van der Waals surface area (Å²) in [5.74, 6) is 0. The van der Waals surface area contributed by atoms with Crippen LogP contribution in [0.2, 0.25) is 0 Å². The van der Waals surface area contributed by atoms with Crippen molar-refractivity contribution in [2.75, 3.05) is 6.61 Å². The molecule has 0 unspecified atom stereocenters. The van der Waals surface area contributed by atoms with Crippen LogP contribution in [0, 0.1) is 0 Å². The van der Waals surface area contributed by atoms with Crippen LogP contribution < -0.4 is 0 Å². The molecular formula is C5H10O5. The Morgan fingerprint density at radius 1 is 1.00 bits per heavy atom. The molecule has 60 valence electrons. The molecule has 4 atom stereocenters. The Bertz CT molecular complexity index is 103. The molecule has 5 heteroatoms. The Kier molecular flexibility index (Phi) is 2.22. The van der Waals surface area contributed by atoms with E-state index < -0.39 is 24.6 Å². The van der Waals surface area contributed by atoms with E-state index in [1.807, 2.05) is 0 Å². The lowest BCUT2D eigenvalue weighted by Crippen LogP contribution is -2.52. The van der Waals surface area contributed by atoms with Crippen molar-refractivity contribution in [3.05, 3.63) is 0 Å². The minimum absolute atomic E-state index is 0.153. The second kappa shape index (κ2) is 2.81. The summed E-state index contributed by atoms with van der Waals surface area (Å²) >= 11 is 0. The fraction of sp³-hybridized carbons (Fsp3) is 1.00. The molecule has 0 spiro atoms. The third-order valence-electron chi connectivity index (χ3n) is 1.47. The molecule has 0 radical (unpaired) electrons. The fourth-order valence-corrected chi connectivity index (χ4v) is 0.791. The van der Waals surface area contributed by atoms with Crippen LogP contribution in [-0.4, -0.2) is 51.6 Å². The second-order valence-corrected chi connectivity index (χ2v) is 2.27. The molecule has 0 amide bonds. The van der Waals surface area contributed by atoms with Gasteiger partial charge in [-0.3, -0.25) is 0 Å². The maximum absolute atomic E-state index is 8.88. The van der Waals surface area contributed by atoms with Crippen LogP contribution in [0.4, 0.5) is 0 Å². The molecule has 1 heterocycles. The van der Waals surface area contributed by atoms with E-state index in [1.165, 1.54) is 0 Å². The van der Waals surface area contributed by atoms with Gasteiger partial charge in [0.2, 0.25) is 0 Å². The maximum atomic E-state index is 8.88. The van der Waals surface area contributed by atoms with E-state index in [1.54, 1.807) is 0 Å². The van der Waals surface area contributed by atoms with Crippen LogP contribution in [0.5, 0.6) is 0 Å². The van der Waals surface area contributed by atoms with Crippen LogP contribution in [0.15, 0.2) is 0 Å². The summed E-state index contributed by atoms with van der Waals surface area (Å²) in [5, 5.41) is 35.3. The SMILES string of the molecule is O[C@@H]1[C@@H](O)[C@@H](O)OC[C@@H]1O. The van der Waals surface area contributed by atoms with Gasteiger partial charge in [-0.25, -0.2) is 0 Å². The lowest BCUT2D eigenvalue weighted by molar-refractivity contribution is -0.252. The van der Waals surface area contributed by atoms with Gasteiger partial charge in [0, 0.05) is 0 Å². The highest BCUT2D eigenvalue weighted by atomic mass is 16.6. The average Bonchev–Trinajstić information content (AvgIpc) is 1.93. The molecule has 1 aliphatic heterocycles. The van der Waals surface area contributed by atoms with Gasteiger partial charge in [0.15, 0.2) is 6.29 Å². The molecule has 0 saturated carbocycles. The van der Waals surface area contributed by atoms with Crippen LogP contribution >= 0.6 is 0 Å². The Labute approximate surface area is 57.5 Å². The molecule has 0 aromatic rings. The van der Waals surface area contributed by atoms with Crippen LogP contribution in [0.1, 0.15) is 0 Å². The zero-order valence-electron chi connectivity index (χ0n) is 5.21. The van der Waals surface area contributed by atoms with E-state index in [-0.39, 0.29) is 6.61 Å². The van der Waals surface area contributed by atoms with E-state index in [0.717, 1.165) is 0 Å². The summed E-state index contributed by atoms with van der Waals surface area (Å²) in [6.45, 7) is -0.153. The zero-order valence-corrected chi connectivity index (χ0v) is 5.21. The summed E-state index contributed by atoms with van der Waals surface area (Å²) in [4.78, 5) is 0. The molecule has 4 N–H and O–H groups in total. The van der Waals surface area contributed by atoms with Crippen LogP contribution in [0.25, 0.3) is 0 Å². The first kappa shape index (κ1) is 7.90. The molecule has 0 aromatic carbocycles. The number of hydrogen-bond donors (Lipinski definition) is 4. The molecular weight excluding hydrogens is 140 g/mol. The Hall–Kier alpha value is -0.200. The summed E-state index contributed by atoms with van der Waals surface area (Å²) in [6.07, 6.45) is -5.23. The van der Waals surface area contributed by atoms with E-state index in [2.05, 4.69) is 4.74 Å². The van der Waals surface area contributed by atoms with E-state index >= 15 is 0 Å². The van der Waals surface area contributed by atoms with Crippen molar-refractivity contribution in [3.8, 4) is 0 Å². The van der Waals surface area contributed by atoms with Crippen molar-refractivity contribution in [3.63, 3.8) is 0 Å². The molecule has 1 aliphatic rings.